The van der Waals surface area contributed by atoms with Crippen LogP contribution in [0.15, 0.2) is 61.0 Å². The number of amides is 1. The molecule has 0 saturated carbocycles. The fourth-order valence-electron chi connectivity index (χ4n) is 2.83. The van der Waals surface area contributed by atoms with Crippen molar-refractivity contribution in [2.24, 2.45) is 5.10 Å². The summed E-state index contributed by atoms with van der Waals surface area (Å²) >= 11 is 9.95. The number of halogens is 3. The SMILES string of the molecule is O=C(N/N=C/c1c(Br)cc(Br)c(O)c1Br)[C@@H]1COc2cc3ccccc3cc2O1. The van der Waals surface area contributed by atoms with Crippen molar-refractivity contribution in [3.05, 3.63) is 61.4 Å². The Bertz CT molecular complexity index is 1150. The summed E-state index contributed by atoms with van der Waals surface area (Å²) in [7, 11) is 0. The van der Waals surface area contributed by atoms with Crippen molar-refractivity contribution < 1.29 is 19.4 Å². The van der Waals surface area contributed by atoms with Crippen LogP contribution in [0.3, 0.4) is 0 Å². The van der Waals surface area contributed by atoms with Crippen molar-refractivity contribution in [1.29, 1.82) is 0 Å². The minimum absolute atomic E-state index is 0.0359. The van der Waals surface area contributed by atoms with Gasteiger partial charge < -0.3 is 14.6 Å². The molecular weight excluding hydrogens is 572 g/mol. The van der Waals surface area contributed by atoms with Gasteiger partial charge in [0.05, 0.1) is 15.2 Å². The lowest BCUT2D eigenvalue weighted by atomic mass is 10.1. The number of phenols is 1. The number of fused-ring (bicyclic) bond motifs is 2. The number of nitrogens with zero attached hydrogens (tertiary/aromatic N) is 1. The smallest absolute Gasteiger partial charge is 0.284 e. The van der Waals surface area contributed by atoms with Crippen LogP contribution in [0.25, 0.3) is 10.8 Å². The molecule has 9 heteroatoms. The van der Waals surface area contributed by atoms with Crippen LogP contribution in [0.1, 0.15) is 5.56 Å². The van der Waals surface area contributed by atoms with Crippen LogP contribution in [0.4, 0.5) is 0 Å². The number of aromatic hydroxyl groups is 1. The number of ether oxygens (including phenoxy) is 2. The lowest BCUT2D eigenvalue weighted by Crippen LogP contribution is -2.42. The molecule has 0 radical (unpaired) electrons. The Kier molecular flexibility index (Phi) is 5.80. The molecule has 4 rings (SSSR count). The third kappa shape index (κ3) is 4.12. The van der Waals surface area contributed by atoms with Crippen molar-refractivity contribution in [3.63, 3.8) is 0 Å². The molecule has 1 atom stereocenters. The van der Waals surface area contributed by atoms with Gasteiger partial charge in [0, 0.05) is 10.0 Å². The van der Waals surface area contributed by atoms with Crippen molar-refractivity contribution >= 4 is 70.7 Å². The number of nitrogens with one attached hydrogen (secondary N) is 1. The minimum atomic E-state index is -0.828. The summed E-state index contributed by atoms with van der Waals surface area (Å²) in [5.74, 6) is 0.722. The van der Waals surface area contributed by atoms with Gasteiger partial charge in [-0.3, -0.25) is 4.79 Å². The van der Waals surface area contributed by atoms with Crippen LogP contribution >= 0.6 is 47.8 Å². The van der Waals surface area contributed by atoms with Crippen LogP contribution in [-0.2, 0) is 4.79 Å². The van der Waals surface area contributed by atoms with E-state index in [4.69, 9.17) is 9.47 Å². The molecule has 3 aromatic carbocycles. The van der Waals surface area contributed by atoms with Crippen molar-refractivity contribution in [2.45, 2.75) is 6.10 Å². The summed E-state index contributed by atoms with van der Waals surface area (Å²) in [5, 5.41) is 16.0. The Balaban J connectivity index is 1.47. The van der Waals surface area contributed by atoms with Crippen molar-refractivity contribution in [3.8, 4) is 17.2 Å². The van der Waals surface area contributed by atoms with E-state index in [-0.39, 0.29) is 12.4 Å². The number of phenolic OH excluding ortho intramolecular Hbond substituents is 1. The maximum absolute atomic E-state index is 12.4. The molecule has 3 aromatic rings. The van der Waals surface area contributed by atoms with Gasteiger partial charge in [-0.25, -0.2) is 5.43 Å². The first-order valence-corrected chi connectivity index (χ1v) is 10.8. The van der Waals surface area contributed by atoms with Crippen LogP contribution < -0.4 is 14.9 Å². The van der Waals surface area contributed by atoms with E-state index in [0.29, 0.717) is 30.5 Å². The molecule has 148 valence electrons. The maximum Gasteiger partial charge on any atom is 0.284 e. The lowest BCUT2D eigenvalue weighted by Gasteiger charge is -2.25. The van der Waals surface area contributed by atoms with Crippen molar-refractivity contribution in [1.82, 2.24) is 5.43 Å². The Hall–Kier alpha value is -2.10. The summed E-state index contributed by atoms with van der Waals surface area (Å²) in [6.45, 7) is 0.0825. The Morgan fingerprint density at radius 1 is 1.10 bits per heavy atom. The van der Waals surface area contributed by atoms with E-state index in [1.807, 2.05) is 36.4 Å². The fraction of sp³-hybridized carbons (Fsp3) is 0.100. The minimum Gasteiger partial charge on any atom is -0.506 e. The van der Waals surface area contributed by atoms with Crippen LogP contribution in [0, 0.1) is 0 Å². The molecule has 0 aliphatic carbocycles. The van der Waals surface area contributed by atoms with E-state index in [1.54, 1.807) is 6.07 Å². The first kappa shape index (κ1) is 20.2. The van der Waals surface area contributed by atoms with E-state index in [1.165, 1.54) is 6.21 Å². The van der Waals surface area contributed by atoms with Gasteiger partial charge in [0.25, 0.3) is 5.91 Å². The standard InChI is InChI=1S/C20H13Br3N2O4/c21-13-7-14(22)19(26)18(23)12(13)8-24-25-20(27)17-9-28-15-5-10-3-1-2-4-11(10)6-16(15)29-17/h1-8,17,26H,9H2,(H,25,27)/b24-8+/t17-/m0/s1. The molecule has 6 nitrogen and oxygen atoms in total. The largest absolute Gasteiger partial charge is 0.506 e. The third-order valence-electron chi connectivity index (χ3n) is 4.31. The molecule has 2 N–H and O–H groups in total. The molecule has 0 fully saturated rings. The molecule has 1 aliphatic rings. The quantitative estimate of drug-likeness (QED) is 0.331. The van der Waals surface area contributed by atoms with E-state index >= 15 is 0 Å². The molecule has 0 aromatic heterocycles. The highest BCUT2D eigenvalue weighted by atomic mass is 79.9. The predicted octanol–water partition coefficient (Wildman–Crippen LogP) is 5.12. The van der Waals surface area contributed by atoms with Gasteiger partial charge in [0.15, 0.2) is 11.5 Å². The highest BCUT2D eigenvalue weighted by Crippen LogP contribution is 2.38. The van der Waals surface area contributed by atoms with Gasteiger partial charge in [-0.1, -0.05) is 40.2 Å². The normalized spacial score (nSPS) is 15.6. The van der Waals surface area contributed by atoms with Gasteiger partial charge >= 0.3 is 0 Å². The Labute approximate surface area is 191 Å². The summed E-state index contributed by atoms with van der Waals surface area (Å²) < 4.78 is 13.2. The number of hydrazone groups is 1. The maximum atomic E-state index is 12.4. The first-order chi connectivity index (χ1) is 13.9. The Morgan fingerprint density at radius 2 is 1.79 bits per heavy atom. The van der Waals surface area contributed by atoms with E-state index in [2.05, 4.69) is 58.3 Å². The van der Waals surface area contributed by atoms with Gasteiger partial charge in [-0.05, 0) is 60.8 Å². The van der Waals surface area contributed by atoms with Gasteiger partial charge in [0.2, 0.25) is 6.10 Å². The molecular formula is C20H13Br3N2O4. The average Bonchev–Trinajstić information content (AvgIpc) is 2.72. The van der Waals surface area contributed by atoms with Gasteiger partial charge in [-0.2, -0.15) is 5.10 Å². The number of hydrogen-bond acceptors (Lipinski definition) is 5. The number of rotatable bonds is 3. The molecule has 1 aliphatic heterocycles. The fourth-order valence-corrected chi connectivity index (χ4v) is 5.16. The molecule has 0 saturated heterocycles. The zero-order valence-electron chi connectivity index (χ0n) is 14.7. The number of carbonyl (C=O) groups is 1. The summed E-state index contributed by atoms with van der Waals surface area (Å²) in [5.41, 5.74) is 3.02. The zero-order valence-corrected chi connectivity index (χ0v) is 19.4. The van der Waals surface area contributed by atoms with Crippen LogP contribution in [0.5, 0.6) is 17.2 Å². The summed E-state index contributed by atoms with van der Waals surface area (Å²) in [6, 6.07) is 13.3. The van der Waals surface area contributed by atoms with E-state index in [9.17, 15) is 9.90 Å². The van der Waals surface area contributed by atoms with Crippen LogP contribution in [0.2, 0.25) is 0 Å². The second kappa shape index (κ2) is 8.33. The number of carbonyl (C=O) groups excluding carboxylic acids is 1. The third-order valence-corrected chi connectivity index (χ3v) is 6.38. The zero-order chi connectivity index (χ0) is 20.5. The molecule has 0 unspecified atom stereocenters. The van der Waals surface area contributed by atoms with Crippen molar-refractivity contribution in [2.75, 3.05) is 6.61 Å². The molecule has 0 spiro atoms. The highest BCUT2D eigenvalue weighted by molar-refractivity contribution is 9.11. The lowest BCUT2D eigenvalue weighted by molar-refractivity contribution is -0.130. The molecule has 1 heterocycles. The van der Waals surface area contributed by atoms with Crippen LogP contribution in [-0.4, -0.2) is 29.9 Å². The average molecular weight is 585 g/mol. The summed E-state index contributed by atoms with van der Waals surface area (Å²) in [4.78, 5) is 12.4. The van der Waals surface area contributed by atoms with Gasteiger partial charge in [0.1, 0.15) is 12.4 Å². The highest BCUT2D eigenvalue weighted by Gasteiger charge is 2.27. The van der Waals surface area contributed by atoms with E-state index in [0.717, 1.165) is 10.8 Å². The predicted molar refractivity (Wildman–Crippen MR) is 121 cm³/mol. The topological polar surface area (TPSA) is 80.2 Å². The van der Waals surface area contributed by atoms with Gasteiger partial charge in [-0.15, -0.1) is 0 Å². The second-order valence-electron chi connectivity index (χ2n) is 6.21. The monoisotopic (exact) mass is 582 g/mol. The second-order valence-corrected chi connectivity index (χ2v) is 8.72. The summed E-state index contributed by atoms with van der Waals surface area (Å²) in [6.07, 6.45) is 0.592. The molecule has 29 heavy (non-hydrogen) atoms. The van der Waals surface area contributed by atoms with E-state index < -0.39 is 12.0 Å². The Morgan fingerprint density at radius 3 is 2.52 bits per heavy atom. The number of benzene rings is 3. The molecule has 1 amide bonds. The first-order valence-electron chi connectivity index (χ1n) is 8.45. The molecule has 0 bridgehead atoms. The number of hydrogen-bond donors (Lipinski definition) is 2.